The highest BCUT2D eigenvalue weighted by atomic mass is 32.1. The molecule has 0 aromatic carbocycles. The summed E-state index contributed by atoms with van der Waals surface area (Å²) in [7, 11) is 0. The van der Waals surface area contributed by atoms with E-state index < -0.39 is 12.0 Å². The molecule has 0 spiro atoms. The van der Waals surface area contributed by atoms with Gasteiger partial charge in [-0.3, -0.25) is 4.79 Å². The Hall–Kier alpha value is -1.62. The largest absolute Gasteiger partial charge is 0.464 e. The first-order valence-corrected chi connectivity index (χ1v) is 6.15. The number of thiophene rings is 1. The molecule has 1 amide bonds. The highest BCUT2D eigenvalue weighted by Gasteiger charge is 2.17. The maximum absolute atomic E-state index is 11.6. The van der Waals surface area contributed by atoms with E-state index in [0.29, 0.717) is 17.9 Å². The lowest BCUT2D eigenvalue weighted by molar-refractivity contribution is -0.145. The van der Waals surface area contributed by atoms with Gasteiger partial charge in [0.1, 0.15) is 6.04 Å². The second-order valence-corrected chi connectivity index (χ2v) is 4.36. The molecule has 0 radical (unpaired) electrons. The van der Waals surface area contributed by atoms with E-state index in [0.717, 1.165) is 0 Å². The van der Waals surface area contributed by atoms with E-state index >= 15 is 0 Å². The fourth-order valence-electron chi connectivity index (χ4n) is 1.10. The summed E-state index contributed by atoms with van der Waals surface area (Å²) < 4.78 is 4.94. The van der Waals surface area contributed by atoms with Crippen LogP contribution in [-0.2, 0) is 9.53 Å². The summed E-state index contributed by atoms with van der Waals surface area (Å²) in [6.07, 6.45) is 2.28. The van der Waals surface area contributed by atoms with Crippen molar-refractivity contribution >= 4 is 23.2 Å². The van der Waals surface area contributed by atoms with Gasteiger partial charge in [0.05, 0.1) is 11.5 Å². The van der Waals surface area contributed by atoms with Gasteiger partial charge in [0.15, 0.2) is 0 Å². The Balaban J connectivity index is 2.38. The second kappa shape index (κ2) is 6.85. The molecule has 1 aromatic rings. The van der Waals surface area contributed by atoms with Crippen molar-refractivity contribution in [3.63, 3.8) is 0 Å². The molecule has 0 saturated carbocycles. The van der Waals surface area contributed by atoms with Crippen LogP contribution in [-0.4, -0.2) is 24.5 Å². The smallest absolute Gasteiger partial charge is 0.328 e. The molecule has 0 aliphatic heterocycles. The number of amides is 1. The summed E-state index contributed by atoms with van der Waals surface area (Å²) in [4.78, 5) is 23.7. The molecule has 5 heteroatoms. The molecule has 0 bridgehead atoms. The second-order valence-electron chi connectivity index (χ2n) is 3.42. The Morgan fingerprint density at radius 3 is 3.00 bits per heavy atom. The van der Waals surface area contributed by atoms with Gasteiger partial charge in [0, 0.05) is 0 Å². The van der Waals surface area contributed by atoms with Crippen molar-refractivity contribution in [1.29, 1.82) is 0 Å². The van der Waals surface area contributed by atoms with Crippen LogP contribution in [0, 0.1) is 0 Å². The van der Waals surface area contributed by atoms with Gasteiger partial charge in [-0.15, -0.1) is 17.9 Å². The van der Waals surface area contributed by atoms with Crippen molar-refractivity contribution in [2.24, 2.45) is 0 Å². The molecular weight excluding hydrogens is 238 g/mol. The normalized spacial score (nSPS) is 11.6. The first kappa shape index (κ1) is 13.4. The average Bonchev–Trinajstić information content (AvgIpc) is 2.82. The summed E-state index contributed by atoms with van der Waals surface area (Å²) in [5, 5.41) is 4.39. The van der Waals surface area contributed by atoms with Crippen LogP contribution in [0.1, 0.15) is 23.0 Å². The molecule has 92 valence electrons. The zero-order valence-electron chi connectivity index (χ0n) is 9.64. The summed E-state index contributed by atoms with van der Waals surface area (Å²) in [6, 6.07) is 2.84. The molecule has 1 N–H and O–H groups in total. The summed E-state index contributed by atoms with van der Waals surface area (Å²) in [5.41, 5.74) is 0. The van der Waals surface area contributed by atoms with Gasteiger partial charge in [-0.2, -0.15) is 0 Å². The summed E-state index contributed by atoms with van der Waals surface area (Å²) in [6.45, 7) is 5.42. The molecule has 17 heavy (non-hydrogen) atoms. The third kappa shape index (κ3) is 4.40. The van der Waals surface area contributed by atoms with Crippen LogP contribution in [0.5, 0.6) is 0 Å². The Labute approximate surface area is 104 Å². The van der Waals surface area contributed by atoms with Crippen molar-refractivity contribution in [2.45, 2.75) is 19.4 Å². The molecule has 0 aliphatic rings. The number of hydrogen-bond acceptors (Lipinski definition) is 4. The van der Waals surface area contributed by atoms with E-state index in [1.54, 1.807) is 25.1 Å². The van der Waals surface area contributed by atoms with Crippen molar-refractivity contribution in [1.82, 2.24) is 5.32 Å². The lowest BCUT2D eigenvalue weighted by Gasteiger charge is -2.12. The van der Waals surface area contributed by atoms with Crippen LogP contribution in [0.3, 0.4) is 0 Å². The molecule has 0 saturated heterocycles. The molecule has 4 nitrogen and oxygen atoms in total. The van der Waals surface area contributed by atoms with E-state index in [1.807, 2.05) is 5.38 Å². The monoisotopic (exact) mass is 253 g/mol. The number of rotatable bonds is 6. The number of nitrogens with one attached hydrogen (secondary N) is 1. The topological polar surface area (TPSA) is 55.4 Å². The Bertz CT molecular complexity index is 386. The van der Waals surface area contributed by atoms with Gasteiger partial charge >= 0.3 is 5.97 Å². The summed E-state index contributed by atoms with van der Waals surface area (Å²) >= 11 is 1.33. The maximum atomic E-state index is 11.6. The Kier molecular flexibility index (Phi) is 5.42. The van der Waals surface area contributed by atoms with Gasteiger partial charge in [0.2, 0.25) is 0 Å². The van der Waals surface area contributed by atoms with E-state index in [9.17, 15) is 9.59 Å². The maximum Gasteiger partial charge on any atom is 0.328 e. The van der Waals surface area contributed by atoms with E-state index in [1.165, 1.54) is 11.3 Å². The van der Waals surface area contributed by atoms with Crippen molar-refractivity contribution in [3.05, 3.63) is 35.0 Å². The van der Waals surface area contributed by atoms with Crippen LogP contribution >= 0.6 is 11.3 Å². The molecular formula is C12H15NO3S. The first-order chi connectivity index (χ1) is 8.15. The quantitative estimate of drug-likeness (QED) is 0.479. The molecule has 1 rings (SSSR count). The van der Waals surface area contributed by atoms with Crippen molar-refractivity contribution < 1.29 is 14.3 Å². The van der Waals surface area contributed by atoms with E-state index in [2.05, 4.69) is 11.9 Å². The zero-order valence-corrected chi connectivity index (χ0v) is 10.5. The highest BCUT2D eigenvalue weighted by molar-refractivity contribution is 7.12. The third-order valence-corrected chi connectivity index (χ3v) is 2.88. The van der Waals surface area contributed by atoms with Gasteiger partial charge in [-0.1, -0.05) is 12.1 Å². The van der Waals surface area contributed by atoms with Crippen molar-refractivity contribution in [3.8, 4) is 0 Å². The number of carbonyl (C=O) groups excluding carboxylic acids is 2. The average molecular weight is 253 g/mol. The number of hydrogen-bond donors (Lipinski definition) is 1. The minimum Gasteiger partial charge on any atom is -0.464 e. The van der Waals surface area contributed by atoms with E-state index in [-0.39, 0.29) is 5.91 Å². The van der Waals surface area contributed by atoms with Crippen LogP contribution in [0.2, 0.25) is 0 Å². The predicted molar refractivity (Wildman–Crippen MR) is 67.0 cm³/mol. The van der Waals surface area contributed by atoms with Gasteiger partial charge in [0.25, 0.3) is 5.91 Å². The van der Waals surface area contributed by atoms with Crippen molar-refractivity contribution in [2.75, 3.05) is 6.61 Å². The molecule has 0 fully saturated rings. The molecule has 0 aliphatic carbocycles. The standard InChI is InChI=1S/C12H15NO3S/c1-3-4-7-16-12(15)9(2)13-11(14)10-6-5-8-17-10/h3,5-6,8-9H,1,4,7H2,2H3,(H,13,14)/t9-/m0/s1. The highest BCUT2D eigenvalue weighted by Crippen LogP contribution is 2.08. The lowest BCUT2D eigenvalue weighted by Crippen LogP contribution is -2.39. The van der Waals surface area contributed by atoms with Crippen LogP contribution < -0.4 is 5.32 Å². The first-order valence-electron chi connectivity index (χ1n) is 5.27. The molecule has 1 heterocycles. The number of esters is 1. The van der Waals surface area contributed by atoms with E-state index in [4.69, 9.17) is 4.74 Å². The fraction of sp³-hybridized carbons (Fsp3) is 0.333. The SMILES string of the molecule is C=CCCOC(=O)[C@H](C)NC(=O)c1cccs1. The third-order valence-electron chi connectivity index (χ3n) is 2.01. The number of ether oxygens (including phenoxy) is 1. The van der Waals surface area contributed by atoms with Crippen LogP contribution in [0.4, 0.5) is 0 Å². The minimum absolute atomic E-state index is 0.256. The molecule has 1 atom stereocenters. The molecule has 0 unspecified atom stereocenters. The van der Waals surface area contributed by atoms with Gasteiger partial charge in [-0.25, -0.2) is 4.79 Å². The Morgan fingerprint density at radius 2 is 2.41 bits per heavy atom. The number of carbonyl (C=O) groups is 2. The molecule has 1 aromatic heterocycles. The minimum atomic E-state index is -0.644. The lowest BCUT2D eigenvalue weighted by atomic mass is 10.3. The zero-order chi connectivity index (χ0) is 12.7. The summed E-state index contributed by atoms with van der Waals surface area (Å²) in [5.74, 6) is -0.690. The van der Waals surface area contributed by atoms with Gasteiger partial charge in [-0.05, 0) is 24.8 Å². The fourth-order valence-corrected chi connectivity index (χ4v) is 1.73. The van der Waals surface area contributed by atoms with Crippen LogP contribution in [0.25, 0.3) is 0 Å². The van der Waals surface area contributed by atoms with Crippen LogP contribution in [0.15, 0.2) is 30.2 Å². The van der Waals surface area contributed by atoms with Gasteiger partial charge < -0.3 is 10.1 Å². The predicted octanol–water partition coefficient (Wildman–Crippen LogP) is 1.99. The Morgan fingerprint density at radius 1 is 1.65 bits per heavy atom.